The third-order valence-electron chi connectivity index (χ3n) is 2.66. The molecule has 21 heavy (non-hydrogen) atoms. The molecular formula is C14H10N6O. The van der Waals surface area contributed by atoms with E-state index in [-0.39, 0.29) is 6.61 Å². The Bertz CT molecular complexity index is 777. The molecule has 0 unspecified atom stereocenters. The predicted molar refractivity (Wildman–Crippen MR) is 73.5 cm³/mol. The predicted octanol–water partition coefficient (Wildman–Crippen LogP) is 1.63. The molecule has 3 rings (SSSR count). The summed E-state index contributed by atoms with van der Waals surface area (Å²) >= 11 is 0. The second-order valence-electron chi connectivity index (χ2n) is 4.06. The second-order valence-corrected chi connectivity index (χ2v) is 4.06. The highest BCUT2D eigenvalue weighted by atomic mass is 16.5. The van der Waals surface area contributed by atoms with Crippen LogP contribution in [0.25, 0.3) is 17.2 Å². The van der Waals surface area contributed by atoms with Crippen molar-refractivity contribution in [2.75, 3.05) is 6.61 Å². The highest BCUT2D eigenvalue weighted by Crippen LogP contribution is 2.16. The Hall–Kier alpha value is -3.27. The van der Waals surface area contributed by atoms with Crippen molar-refractivity contribution in [1.29, 1.82) is 5.26 Å². The third-order valence-corrected chi connectivity index (χ3v) is 2.66. The number of benzene rings is 1. The average Bonchev–Trinajstić information content (AvgIpc) is 3.04. The number of tetrazole rings is 1. The molecule has 0 aliphatic heterocycles. The molecule has 7 heteroatoms. The van der Waals surface area contributed by atoms with Crippen LogP contribution in [0.5, 0.6) is 5.75 Å². The first kappa shape index (κ1) is 12.7. The molecule has 2 heterocycles. The molecule has 0 amide bonds. The highest BCUT2D eigenvalue weighted by Gasteiger charge is 2.08. The van der Waals surface area contributed by atoms with Gasteiger partial charge in [-0.15, -0.1) is 15.0 Å². The Morgan fingerprint density at radius 2 is 2.14 bits per heavy atom. The van der Waals surface area contributed by atoms with E-state index in [0.717, 1.165) is 0 Å². The van der Waals surface area contributed by atoms with Gasteiger partial charge >= 0.3 is 0 Å². The molecule has 3 aromatic rings. The van der Waals surface area contributed by atoms with Crippen molar-refractivity contribution in [2.45, 2.75) is 0 Å². The summed E-state index contributed by atoms with van der Waals surface area (Å²) in [6, 6.07) is 14.5. The molecule has 0 saturated carbocycles. The van der Waals surface area contributed by atoms with Crippen molar-refractivity contribution < 1.29 is 4.74 Å². The fraction of sp³-hybridized carbons (Fsp3) is 0.0714. The van der Waals surface area contributed by atoms with E-state index in [9.17, 15) is 0 Å². The van der Waals surface area contributed by atoms with Crippen molar-refractivity contribution in [3.63, 3.8) is 0 Å². The summed E-state index contributed by atoms with van der Waals surface area (Å²) in [7, 11) is 0. The maximum atomic E-state index is 8.52. The monoisotopic (exact) mass is 278 g/mol. The molecular weight excluding hydrogens is 268 g/mol. The molecule has 0 bridgehead atoms. The van der Waals surface area contributed by atoms with E-state index in [2.05, 4.69) is 20.4 Å². The van der Waals surface area contributed by atoms with Gasteiger partial charge in [-0.25, -0.2) is 0 Å². The number of aromatic nitrogens is 5. The topological polar surface area (TPSA) is 89.5 Å². The van der Waals surface area contributed by atoms with Crippen LogP contribution in [0, 0.1) is 11.3 Å². The molecule has 0 spiro atoms. The molecule has 0 N–H and O–H groups in total. The van der Waals surface area contributed by atoms with Gasteiger partial charge in [0.1, 0.15) is 17.5 Å². The van der Waals surface area contributed by atoms with E-state index < -0.39 is 0 Å². The van der Waals surface area contributed by atoms with Crippen molar-refractivity contribution >= 4 is 0 Å². The smallest absolute Gasteiger partial charge is 0.223 e. The van der Waals surface area contributed by atoms with E-state index >= 15 is 0 Å². The van der Waals surface area contributed by atoms with E-state index in [0.29, 0.717) is 23.0 Å². The number of hydrogen-bond donors (Lipinski definition) is 0. The molecule has 0 aliphatic rings. The number of hydrogen-bond acceptors (Lipinski definition) is 6. The highest BCUT2D eigenvalue weighted by molar-refractivity contribution is 5.47. The van der Waals surface area contributed by atoms with Crippen molar-refractivity contribution in [3.8, 4) is 29.0 Å². The van der Waals surface area contributed by atoms with Crippen LogP contribution in [0.1, 0.15) is 0 Å². The van der Waals surface area contributed by atoms with Gasteiger partial charge in [-0.2, -0.15) is 5.26 Å². The van der Waals surface area contributed by atoms with E-state index in [1.54, 1.807) is 24.4 Å². The summed E-state index contributed by atoms with van der Waals surface area (Å²) in [5.41, 5.74) is 1.35. The lowest BCUT2D eigenvalue weighted by Gasteiger charge is -2.03. The van der Waals surface area contributed by atoms with Crippen LogP contribution in [0.3, 0.4) is 0 Å². The Balaban J connectivity index is 1.88. The van der Waals surface area contributed by atoms with Crippen LogP contribution in [-0.4, -0.2) is 31.8 Å². The molecule has 7 nitrogen and oxygen atoms in total. The van der Waals surface area contributed by atoms with Crippen LogP contribution >= 0.6 is 0 Å². The van der Waals surface area contributed by atoms with Gasteiger partial charge < -0.3 is 4.74 Å². The van der Waals surface area contributed by atoms with Gasteiger partial charge in [-0.05, 0) is 29.5 Å². The summed E-state index contributed by atoms with van der Waals surface area (Å²) in [6.45, 7) is -0.00652. The number of ether oxygens (including phenoxy) is 1. The maximum Gasteiger partial charge on any atom is 0.223 e. The Morgan fingerprint density at radius 3 is 2.95 bits per heavy atom. The lowest BCUT2D eigenvalue weighted by molar-refractivity contribution is 0.368. The quantitative estimate of drug-likeness (QED) is 0.720. The SMILES string of the molecule is N#CCOc1cccc(-n2nnc(-c3ccccn3)n2)c1. The van der Waals surface area contributed by atoms with Crippen molar-refractivity contribution in [2.24, 2.45) is 0 Å². The van der Waals surface area contributed by atoms with E-state index in [1.807, 2.05) is 30.3 Å². The maximum absolute atomic E-state index is 8.52. The number of rotatable bonds is 4. The van der Waals surface area contributed by atoms with Crippen LogP contribution < -0.4 is 4.74 Å². The molecule has 0 fully saturated rings. The van der Waals surface area contributed by atoms with Crippen LogP contribution in [0.2, 0.25) is 0 Å². The Kier molecular flexibility index (Phi) is 3.52. The standard InChI is InChI=1S/C14H10N6O/c15-7-9-21-12-5-3-4-11(10-12)20-18-14(17-19-20)13-6-1-2-8-16-13/h1-6,8,10H,9H2. The van der Waals surface area contributed by atoms with Crippen LogP contribution in [-0.2, 0) is 0 Å². The minimum Gasteiger partial charge on any atom is -0.479 e. The lowest BCUT2D eigenvalue weighted by Crippen LogP contribution is -2.00. The van der Waals surface area contributed by atoms with Gasteiger partial charge in [-0.1, -0.05) is 12.1 Å². The molecule has 102 valence electrons. The molecule has 0 saturated heterocycles. The molecule has 1 aromatic carbocycles. The Labute approximate surface area is 120 Å². The van der Waals surface area contributed by atoms with Gasteiger partial charge in [0.05, 0.1) is 5.69 Å². The van der Waals surface area contributed by atoms with Gasteiger partial charge in [0, 0.05) is 12.3 Å². The summed E-state index contributed by atoms with van der Waals surface area (Å²) in [5, 5.41) is 20.8. The molecule has 2 aromatic heterocycles. The lowest BCUT2D eigenvalue weighted by atomic mass is 10.3. The first-order valence-corrected chi connectivity index (χ1v) is 6.18. The van der Waals surface area contributed by atoms with Gasteiger partial charge in [0.2, 0.25) is 5.82 Å². The van der Waals surface area contributed by atoms with Gasteiger partial charge in [-0.3, -0.25) is 4.98 Å². The summed E-state index contributed by atoms with van der Waals surface area (Å²) in [4.78, 5) is 5.57. The first-order valence-electron chi connectivity index (χ1n) is 6.18. The largest absolute Gasteiger partial charge is 0.479 e. The third kappa shape index (κ3) is 2.84. The minimum absolute atomic E-state index is 0.00652. The van der Waals surface area contributed by atoms with Gasteiger partial charge in [0.25, 0.3) is 0 Å². The summed E-state index contributed by atoms with van der Waals surface area (Å²) in [6.07, 6.45) is 1.67. The average molecular weight is 278 g/mol. The van der Waals surface area contributed by atoms with Gasteiger partial charge in [0.15, 0.2) is 6.61 Å². The number of pyridine rings is 1. The van der Waals surface area contributed by atoms with Crippen LogP contribution in [0.4, 0.5) is 0 Å². The zero-order chi connectivity index (χ0) is 14.5. The number of nitriles is 1. The molecule has 0 aliphatic carbocycles. The second kappa shape index (κ2) is 5.79. The van der Waals surface area contributed by atoms with Crippen LogP contribution in [0.15, 0.2) is 48.7 Å². The zero-order valence-corrected chi connectivity index (χ0v) is 10.9. The normalized spacial score (nSPS) is 10.0. The van der Waals surface area contributed by atoms with E-state index in [1.165, 1.54) is 4.80 Å². The fourth-order valence-corrected chi connectivity index (χ4v) is 1.73. The Morgan fingerprint density at radius 1 is 1.19 bits per heavy atom. The summed E-state index contributed by atoms with van der Waals surface area (Å²) < 4.78 is 5.25. The summed E-state index contributed by atoms with van der Waals surface area (Å²) in [5.74, 6) is 1.02. The zero-order valence-electron chi connectivity index (χ0n) is 10.9. The van der Waals surface area contributed by atoms with Crippen molar-refractivity contribution in [3.05, 3.63) is 48.7 Å². The first-order chi connectivity index (χ1) is 10.4. The molecule has 0 atom stereocenters. The molecule has 0 radical (unpaired) electrons. The fourth-order valence-electron chi connectivity index (χ4n) is 1.73. The van der Waals surface area contributed by atoms with Crippen molar-refractivity contribution in [1.82, 2.24) is 25.2 Å². The van der Waals surface area contributed by atoms with E-state index in [4.69, 9.17) is 10.00 Å². The minimum atomic E-state index is -0.00652. The number of nitrogens with zero attached hydrogens (tertiary/aromatic N) is 6.